The van der Waals surface area contributed by atoms with Gasteiger partial charge in [-0.1, -0.05) is 12.1 Å². The number of nitrogens with one attached hydrogen (secondary N) is 1. The second-order valence-electron chi connectivity index (χ2n) is 4.71. The van der Waals surface area contributed by atoms with Crippen molar-refractivity contribution in [2.75, 3.05) is 14.2 Å². The molecule has 2 aromatic rings. The summed E-state index contributed by atoms with van der Waals surface area (Å²) in [7, 11) is 3.19. The number of ether oxygens (including phenoxy) is 1. The number of benzene rings is 2. The molecule has 1 N–H and O–H groups in total. The van der Waals surface area contributed by atoms with Crippen LogP contribution < -0.4 is 10.1 Å². The van der Waals surface area contributed by atoms with Crippen LogP contribution in [0.4, 0.5) is 13.2 Å². The second-order valence-corrected chi connectivity index (χ2v) is 4.71. The van der Waals surface area contributed by atoms with Crippen molar-refractivity contribution in [3.63, 3.8) is 0 Å². The summed E-state index contributed by atoms with van der Waals surface area (Å²) in [5.74, 6) is -3.15. The molecule has 0 radical (unpaired) electrons. The molecule has 0 aromatic heterocycles. The molecule has 0 fully saturated rings. The van der Waals surface area contributed by atoms with E-state index in [9.17, 15) is 13.2 Å². The van der Waals surface area contributed by atoms with E-state index in [4.69, 9.17) is 4.74 Å². The van der Waals surface area contributed by atoms with Gasteiger partial charge < -0.3 is 10.1 Å². The summed E-state index contributed by atoms with van der Waals surface area (Å²) in [6.45, 7) is 1.85. The number of methoxy groups -OCH3 is 1. The van der Waals surface area contributed by atoms with E-state index < -0.39 is 23.5 Å². The van der Waals surface area contributed by atoms with Crippen molar-refractivity contribution in [2.24, 2.45) is 0 Å². The van der Waals surface area contributed by atoms with Crippen LogP contribution in [0.3, 0.4) is 0 Å². The summed E-state index contributed by atoms with van der Waals surface area (Å²) >= 11 is 0. The van der Waals surface area contributed by atoms with Crippen LogP contribution in [-0.2, 0) is 0 Å². The fraction of sp³-hybridized carbons (Fsp3) is 0.250. The minimum atomic E-state index is -1.46. The molecule has 112 valence electrons. The third kappa shape index (κ3) is 2.88. The molecule has 0 saturated heterocycles. The van der Waals surface area contributed by atoms with E-state index >= 15 is 0 Å². The Morgan fingerprint density at radius 1 is 1.00 bits per heavy atom. The summed E-state index contributed by atoms with van der Waals surface area (Å²) in [4.78, 5) is 0. The Kier molecular flexibility index (Phi) is 4.53. The Bertz CT molecular complexity index is 658. The maximum Gasteiger partial charge on any atom is 0.194 e. The Labute approximate surface area is 121 Å². The van der Waals surface area contributed by atoms with E-state index in [2.05, 4.69) is 5.32 Å². The molecule has 0 aliphatic carbocycles. The summed E-state index contributed by atoms with van der Waals surface area (Å²) in [5.41, 5.74) is 1.69. The lowest BCUT2D eigenvalue weighted by atomic mass is 9.94. The Morgan fingerprint density at radius 2 is 1.67 bits per heavy atom. The molecule has 2 aromatic carbocycles. The van der Waals surface area contributed by atoms with Crippen LogP contribution in [0.15, 0.2) is 30.3 Å². The second kappa shape index (κ2) is 6.18. The van der Waals surface area contributed by atoms with Crippen LogP contribution in [-0.4, -0.2) is 14.2 Å². The largest absolute Gasteiger partial charge is 0.497 e. The normalized spacial score (nSPS) is 12.3. The quantitative estimate of drug-likeness (QED) is 0.868. The van der Waals surface area contributed by atoms with Gasteiger partial charge in [-0.25, -0.2) is 13.2 Å². The van der Waals surface area contributed by atoms with Gasteiger partial charge in [0.1, 0.15) is 5.75 Å². The molecule has 0 aliphatic rings. The Balaban J connectivity index is 2.52. The number of hydrogen-bond acceptors (Lipinski definition) is 2. The maximum atomic E-state index is 14.0. The zero-order chi connectivity index (χ0) is 15.6. The summed E-state index contributed by atoms with van der Waals surface area (Å²) in [6.07, 6.45) is 0. The predicted molar refractivity (Wildman–Crippen MR) is 74.9 cm³/mol. The van der Waals surface area contributed by atoms with E-state index in [1.807, 2.05) is 6.92 Å². The maximum absolute atomic E-state index is 14.0. The molecular weight excluding hydrogens is 279 g/mol. The lowest BCUT2D eigenvalue weighted by Gasteiger charge is -2.20. The molecule has 0 spiro atoms. The lowest BCUT2D eigenvalue weighted by molar-refractivity contribution is 0.414. The highest BCUT2D eigenvalue weighted by atomic mass is 19.2. The number of halogens is 3. The van der Waals surface area contributed by atoms with Crippen LogP contribution in [0.1, 0.15) is 22.7 Å². The van der Waals surface area contributed by atoms with Crippen LogP contribution >= 0.6 is 0 Å². The molecular formula is C16H16F3NO. The number of hydrogen-bond donors (Lipinski definition) is 1. The van der Waals surface area contributed by atoms with E-state index in [1.54, 1.807) is 32.4 Å². The minimum absolute atomic E-state index is 0.0599. The molecule has 0 amide bonds. The first kappa shape index (κ1) is 15.4. The van der Waals surface area contributed by atoms with Crippen molar-refractivity contribution in [3.8, 4) is 5.75 Å². The van der Waals surface area contributed by atoms with Crippen molar-refractivity contribution < 1.29 is 17.9 Å². The van der Waals surface area contributed by atoms with Gasteiger partial charge in [0.15, 0.2) is 17.5 Å². The van der Waals surface area contributed by atoms with Crippen molar-refractivity contribution >= 4 is 0 Å². The first-order valence-corrected chi connectivity index (χ1v) is 6.44. The van der Waals surface area contributed by atoms with Crippen molar-refractivity contribution in [1.82, 2.24) is 5.32 Å². The SMILES string of the molecule is CNC(c1ccc(OC)cc1C)c1ccc(F)c(F)c1F. The zero-order valence-electron chi connectivity index (χ0n) is 12.0. The van der Waals surface area contributed by atoms with Gasteiger partial charge >= 0.3 is 0 Å². The highest BCUT2D eigenvalue weighted by Gasteiger charge is 2.22. The molecule has 1 atom stereocenters. The van der Waals surface area contributed by atoms with Gasteiger partial charge in [0, 0.05) is 5.56 Å². The Hall–Kier alpha value is -2.01. The van der Waals surface area contributed by atoms with Gasteiger partial charge in [-0.05, 0) is 43.3 Å². The zero-order valence-corrected chi connectivity index (χ0v) is 12.0. The van der Waals surface area contributed by atoms with Gasteiger partial charge in [0.05, 0.1) is 13.2 Å². The van der Waals surface area contributed by atoms with Gasteiger partial charge in [0.25, 0.3) is 0 Å². The van der Waals surface area contributed by atoms with E-state index in [-0.39, 0.29) is 5.56 Å². The standard InChI is InChI=1S/C16H16F3NO/c1-9-8-10(21-3)4-5-11(9)16(20-2)12-6-7-13(17)15(19)14(12)18/h4-8,16,20H,1-3H3. The monoisotopic (exact) mass is 295 g/mol. The van der Waals surface area contributed by atoms with Crippen LogP contribution in [0, 0.1) is 24.4 Å². The van der Waals surface area contributed by atoms with Crippen molar-refractivity contribution in [1.29, 1.82) is 0 Å². The third-order valence-corrected chi connectivity index (χ3v) is 3.45. The molecule has 2 rings (SSSR count). The van der Waals surface area contributed by atoms with Gasteiger partial charge in [-0.3, -0.25) is 0 Å². The van der Waals surface area contributed by atoms with Crippen LogP contribution in [0.5, 0.6) is 5.75 Å². The first-order valence-electron chi connectivity index (χ1n) is 6.44. The van der Waals surface area contributed by atoms with Crippen LogP contribution in [0.2, 0.25) is 0 Å². The number of aryl methyl sites for hydroxylation is 1. The average molecular weight is 295 g/mol. The molecule has 0 bridgehead atoms. The third-order valence-electron chi connectivity index (χ3n) is 3.45. The molecule has 5 heteroatoms. The van der Waals surface area contributed by atoms with Gasteiger partial charge in [-0.15, -0.1) is 0 Å². The average Bonchev–Trinajstić information content (AvgIpc) is 2.49. The Morgan fingerprint density at radius 3 is 2.24 bits per heavy atom. The molecule has 21 heavy (non-hydrogen) atoms. The highest BCUT2D eigenvalue weighted by molar-refractivity contribution is 5.41. The lowest BCUT2D eigenvalue weighted by Crippen LogP contribution is -2.20. The molecule has 0 aliphatic heterocycles. The molecule has 0 saturated carbocycles. The molecule has 2 nitrogen and oxygen atoms in total. The van der Waals surface area contributed by atoms with Gasteiger partial charge in [0.2, 0.25) is 0 Å². The van der Waals surface area contributed by atoms with E-state index in [0.717, 1.165) is 17.2 Å². The van der Waals surface area contributed by atoms with Crippen molar-refractivity contribution in [3.05, 3.63) is 64.5 Å². The smallest absolute Gasteiger partial charge is 0.194 e. The topological polar surface area (TPSA) is 21.3 Å². The highest BCUT2D eigenvalue weighted by Crippen LogP contribution is 2.30. The predicted octanol–water partition coefficient (Wildman–Crippen LogP) is 3.73. The first-order chi connectivity index (χ1) is 9.99. The van der Waals surface area contributed by atoms with Gasteiger partial charge in [-0.2, -0.15) is 0 Å². The summed E-state index contributed by atoms with van der Waals surface area (Å²) < 4.78 is 45.6. The van der Waals surface area contributed by atoms with E-state index in [1.165, 1.54) is 6.07 Å². The fourth-order valence-electron chi connectivity index (χ4n) is 2.34. The van der Waals surface area contributed by atoms with Crippen molar-refractivity contribution in [2.45, 2.75) is 13.0 Å². The van der Waals surface area contributed by atoms with E-state index in [0.29, 0.717) is 5.75 Å². The van der Waals surface area contributed by atoms with Crippen LogP contribution in [0.25, 0.3) is 0 Å². The summed E-state index contributed by atoms with van der Waals surface area (Å²) in [6, 6.07) is 6.92. The summed E-state index contributed by atoms with van der Waals surface area (Å²) in [5, 5.41) is 2.93. The number of rotatable bonds is 4. The molecule has 0 heterocycles. The minimum Gasteiger partial charge on any atom is -0.497 e. The fourth-order valence-corrected chi connectivity index (χ4v) is 2.34. The molecule has 1 unspecified atom stereocenters.